The monoisotopic (exact) mass is 336 g/mol. The molecule has 6 heteroatoms. The fourth-order valence-electron chi connectivity index (χ4n) is 2.68. The first-order valence-electron chi connectivity index (χ1n) is 7.73. The molecule has 0 saturated carbocycles. The van der Waals surface area contributed by atoms with Crippen LogP contribution in [0.3, 0.4) is 0 Å². The standard InChI is InChI=1S/C19H20N4O2/c1-11-5-6-17(7-12(11)2)23-13(3)8-15(14(23)4)9-16(10-20)18(24)22-19(21)25/h5-9H,1-4H3,(H3,21,22,24,25)/b16-9-. The zero-order valence-corrected chi connectivity index (χ0v) is 14.7. The second-order valence-corrected chi connectivity index (χ2v) is 5.92. The summed E-state index contributed by atoms with van der Waals surface area (Å²) >= 11 is 0. The summed E-state index contributed by atoms with van der Waals surface area (Å²) in [5.74, 6) is -0.814. The maximum atomic E-state index is 11.8. The highest BCUT2D eigenvalue weighted by atomic mass is 16.2. The predicted octanol–water partition coefficient (Wildman–Crippen LogP) is 2.81. The van der Waals surface area contributed by atoms with Gasteiger partial charge in [0.2, 0.25) is 0 Å². The van der Waals surface area contributed by atoms with Crippen LogP contribution in [0.4, 0.5) is 4.79 Å². The van der Waals surface area contributed by atoms with Gasteiger partial charge in [-0.15, -0.1) is 0 Å². The number of urea groups is 1. The number of aryl methyl sites for hydroxylation is 3. The van der Waals surface area contributed by atoms with E-state index in [9.17, 15) is 14.9 Å². The van der Waals surface area contributed by atoms with E-state index in [2.05, 4.69) is 30.5 Å². The van der Waals surface area contributed by atoms with Crippen molar-refractivity contribution in [2.75, 3.05) is 0 Å². The Labute approximate surface area is 146 Å². The van der Waals surface area contributed by atoms with E-state index >= 15 is 0 Å². The molecule has 2 rings (SSSR count). The molecule has 0 spiro atoms. The molecule has 0 unspecified atom stereocenters. The molecule has 0 bridgehead atoms. The van der Waals surface area contributed by atoms with Crippen LogP contribution in [0.5, 0.6) is 0 Å². The highest BCUT2D eigenvalue weighted by molar-refractivity contribution is 6.08. The zero-order chi connectivity index (χ0) is 18.7. The molecule has 1 aromatic carbocycles. The summed E-state index contributed by atoms with van der Waals surface area (Å²) in [7, 11) is 0. The number of primary amides is 1. The molecule has 25 heavy (non-hydrogen) atoms. The summed E-state index contributed by atoms with van der Waals surface area (Å²) < 4.78 is 2.05. The van der Waals surface area contributed by atoms with Gasteiger partial charge in [-0.05, 0) is 68.7 Å². The first-order chi connectivity index (χ1) is 11.7. The smallest absolute Gasteiger partial charge is 0.319 e. The van der Waals surface area contributed by atoms with Gasteiger partial charge in [0, 0.05) is 17.1 Å². The van der Waals surface area contributed by atoms with Gasteiger partial charge in [0.05, 0.1) is 0 Å². The number of rotatable bonds is 3. The Hall–Kier alpha value is -3.33. The fourth-order valence-corrected chi connectivity index (χ4v) is 2.68. The van der Waals surface area contributed by atoms with E-state index in [-0.39, 0.29) is 5.57 Å². The van der Waals surface area contributed by atoms with Crippen molar-refractivity contribution in [1.29, 1.82) is 5.26 Å². The summed E-state index contributed by atoms with van der Waals surface area (Å²) in [6.07, 6.45) is 1.46. The average molecular weight is 336 g/mol. The molecule has 0 aliphatic heterocycles. The molecule has 1 heterocycles. The van der Waals surface area contributed by atoms with Crippen molar-refractivity contribution in [3.05, 3.63) is 57.9 Å². The van der Waals surface area contributed by atoms with Crippen molar-refractivity contribution in [1.82, 2.24) is 9.88 Å². The van der Waals surface area contributed by atoms with Gasteiger partial charge in [-0.1, -0.05) is 6.07 Å². The lowest BCUT2D eigenvalue weighted by atomic mass is 10.1. The first kappa shape index (κ1) is 18.0. The lowest BCUT2D eigenvalue weighted by Crippen LogP contribution is -2.35. The lowest BCUT2D eigenvalue weighted by molar-refractivity contribution is -0.115. The molecule has 3 N–H and O–H groups in total. The number of nitrogens with two attached hydrogens (primary N) is 1. The van der Waals surface area contributed by atoms with E-state index in [4.69, 9.17) is 5.73 Å². The highest BCUT2D eigenvalue weighted by Crippen LogP contribution is 2.24. The third kappa shape index (κ3) is 3.78. The molecule has 0 aliphatic carbocycles. The van der Waals surface area contributed by atoms with E-state index in [1.807, 2.05) is 31.3 Å². The first-order valence-corrected chi connectivity index (χ1v) is 7.73. The minimum absolute atomic E-state index is 0.181. The van der Waals surface area contributed by atoms with Crippen LogP contribution in [0.15, 0.2) is 29.8 Å². The van der Waals surface area contributed by atoms with Gasteiger partial charge in [-0.2, -0.15) is 5.26 Å². The van der Waals surface area contributed by atoms with Crippen molar-refractivity contribution >= 4 is 18.0 Å². The Bertz CT molecular complexity index is 930. The Morgan fingerprint density at radius 1 is 1.16 bits per heavy atom. The summed E-state index contributed by atoms with van der Waals surface area (Å²) in [5, 5.41) is 11.1. The molecular formula is C19H20N4O2. The SMILES string of the molecule is Cc1ccc(-n2c(C)cc(/C=C(/C#N)C(=O)NC(N)=O)c2C)cc1C. The Balaban J connectivity index is 2.50. The Morgan fingerprint density at radius 3 is 2.40 bits per heavy atom. The van der Waals surface area contributed by atoms with Crippen molar-refractivity contribution in [3.8, 4) is 11.8 Å². The summed E-state index contributed by atoms with van der Waals surface area (Å²) in [4.78, 5) is 22.6. The van der Waals surface area contributed by atoms with Gasteiger partial charge >= 0.3 is 6.03 Å². The van der Waals surface area contributed by atoms with Crippen LogP contribution in [-0.4, -0.2) is 16.5 Å². The van der Waals surface area contributed by atoms with Crippen LogP contribution in [-0.2, 0) is 4.79 Å². The predicted molar refractivity (Wildman–Crippen MR) is 96.0 cm³/mol. The number of nitriles is 1. The van der Waals surface area contributed by atoms with Crippen molar-refractivity contribution in [2.45, 2.75) is 27.7 Å². The number of amides is 3. The molecule has 128 valence electrons. The number of hydrogen-bond acceptors (Lipinski definition) is 3. The third-order valence-corrected chi connectivity index (χ3v) is 4.12. The number of aromatic nitrogens is 1. The van der Waals surface area contributed by atoms with E-state index in [1.165, 1.54) is 17.2 Å². The summed E-state index contributed by atoms with van der Waals surface area (Å²) in [5.41, 5.74) is 10.7. The van der Waals surface area contributed by atoms with Crippen LogP contribution in [0.25, 0.3) is 11.8 Å². The molecule has 0 atom stereocenters. The Kier molecular flexibility index (Phi) is 5.08. The molecule has 0 aliphatic rings. The third-order valence-electron chi connectivity index (χ3n) is 4.12. The van der Waals surface area contributed by atoms with Crippen LogP contribution in [0, 0.1) is 39.0 Å². The lowest BCUT2D eigenvalue weighted by Gasteiger charge is -2.11. The fraction of sp³-hybridized carbons (Fsp3) is 0.211. The van der Waals surface area contributed by atoms with Crippen LogP contribution in [0.1, 0.15) is 28.1 Å². The minimum atomic E-state index is -0.994. The molecule has 1 aromatic heterocycles. The topological polar surface area (TPSA) is 101 Å². The molecule has 6 nitrogen and oxygen atoms in total. The quantitative estimate of drug-likeness (QED) is 0.665. The van der Waals surface area contributed by atoms with Crippen molar-refractivity contribution in [2.24, 2.45) is 5.73 Å². The van der Waals surface area contributed by atoms with Crippen molar-refractivity contribution in [3.63, 3.8) is 0 Å². The maximum Gasteiger partial charge on any atom is 0.319 e. The van der Waals surface area contributed by atoms with Crippen LogP contribution in [0.2, 0.25) is 0 Å². The molecule has 0 radical (unpaired) electrons. The zero-order valence-electron chi connectivity index (χ0n) is 14.7. The number of nitrogens with one attached hydrogen (secondary N) is 1. The van der Waals surface area contributed by atoms with Gasteiger partial charge in [-0.25, -0.2) is 4.79 Å². The molecule has 2 aromatic rings. The molecule has 0 fully saturated rings. The number of carbonyl (C=O) groups is 2. The van der Waals surface area contributed by atoms with E-state index in [0.29, 0.717) is 0 Å². The van der Waals surface area contributed by atoms with E-state index in [0.717, 1.165) is 22.6 Å². The second-order valence-electron chi connectivity index (χ2n) is 5.92. The number of carbonyl (C=O) groups excluding carboxylic acids is 2. The minimum Gasteiger partial charge on any atom is -0.351 e. The van der Waals surface area contributed by atoms with Gasteiger partial charge < -0.3 is 10.3 Å². The number of nitrogens with zero attached hydrogens (tertiary/aromatic N) is 2. The van der Waals surface area contributed by atoms with Gasteiger partial charge in [0.15, 0.2) is 0 Å². The number of benzene rings is 1. The van der Waals surface area contributed by atoms with Gasteiger partial charge in [-0.3, -0.25) is 10.1 Å². The highest BCUT2D eigenvalue weighted by Gasteiger charge is 2.15. The molecule has 3 amide bonds. The second kappa shape index (κ2) is 7.05. The van der Waals surface area contributed by atoms with E-state index in [1.54, 1.807) is 6.07 Å². The van der Waals surface area contributed by atoms with Gasteiger partial charge in [0.25, 0.3) is 5.91 Å². The van der Waals surface area contributed by atoms with E-state index < -0.39 is 11.9 Å². The Morgan fingerprint density at radius 2 is 1.84 bits per heavy atom. The summed E-state index contributed by atoms with van der Waals surface area (Å²) in [6, 6.07) is 8.87. The molecule has 0 saturated heterocycles. The average Bonchev–Trinajstić information content (AvgIpc) is 2.81. The normalized spacial score (nSPS) is 11.1. The largest absolute Gasteiger partial charge is 0.351 e. The molecular weight excluding hydrogens is 316 g/mol. The maximum absolute atomic E-state index is 11.8. The summed E-state index contributed by atoms with van der Waals surface area (Å²) in [6.45, 7) is 7.97. The number of hydrogen-bond donors (Lipinski definition) is 2. The van der Waals surface area contributed by atoms with Crippen LogP contribution >= 0.6 is 0 Å². The van der Waals surface area contributed by atoms with Crippen LogP contribution < -0.4 is 11.1 Å². The van der Waals surface area contributed by atoms with Gasteiger partial charge in [0.1, 0.15) is 11.6 Å². The van der Waals surface area contributed by atoms with Crippen molar-refractivity contribution < 1.29 is 9.59 Å². The number of imide groups is 1.